The van der Waals surface area contributed by atoms with Gasteiger partial charge in [0.25, 0.3) is 0 Å². The highest BCUT2D eigenvalue weighted by Gasteiger charge is 2.02. The summed E-state index contributed by atoms with van der Waals surface area (Å²) in [4.78, 5) is 0. The molecule has 3 nitrogen and oxygen atoms in total. The zero-order valence-electron chi connectivity index (χ0n) is 11.9. The second-order valence-corrected chi connectivity index (χ2v) is 5.02. The standard InChI is InChI=1S/C17H19N3/c1-12-3-4-13(2)15(9-12)7-8-20-17-10-14(11-18)5-6-16(17)19/h3-6,9-10,20H,7-8,19H2,1-2H3. The van der Waals surface area contributed by atoms with Gasteiger partial charge in [-0.2, -0.15) is 5.26 Å². The molecule has 2 rings (SSSR count). The van der Waals surface area contributed by atoms with Crippen LogP contribution < -0.4 is 11.1 Å². The number of rotatable bonds is 4. The van der Waals surface area contributed by atoms with Crippen LogP contribution in [0.4, 0.5) is 11.4 Å². The van der Waals surface area contributed by atoms with Crippen molar-refractivity contribution in [2.24, 2.45) is 0 Å². The third kappa shape index (κ3) is 3.30. The fourth-order valence-electron chi connectivity index (χ4n) is 2.18. The molecule has 2 aromatic carbocycles. The Labute approximate surface area is 120 Å². The number of nitrogens with one attached hydrogen (secondary N) is 1. The molecular weight excluding hydrogens is 246 g/mol. The molecule has 0 aliphatic heterocycles. The van der Waals surface area contributed by atoms with E-state index in [1.807, 2.05) is 0 Å². The summed E-state index contributed by atoms with van der Waals surface area (Å²) in [5, 5.41) is 12.2. The molecule has 0 atom stereocenters. The van der Waals surface area contributed by atoms with Crippen molar-refractivity contribution in [3.05, 3.63) is 58.7 Å². The van der Waals surface area contributed by atoms with E-state index in [9.17, 15) is 0 Å². The summed E-state index contributed by atoms with van der Waals surface area (Å²) < 4.78 is 0. The van der Waals surface area contributed by atoms with E-state index in [1.54, 1.807) is 18.2 Å². The minimum Gasteiger partial charge on any atom is -0.397 e. The second-order valence-electron chi connectivity index (χ2n) is 5.02. The first-order valence-corrected chi connectivity index (χ1v) is 6.70. The van der Waals surface area contributed by atoms with Crippen LogP contribution in [0.2, 0.25) is 0 Å². The van der Waals surface area contributed by atoms with Crippen LogP contribution in [0.1, 0.15) is 22.3 Å². The maximum absolute atomic E-state index is 8.90. The highest BCUT2D eigenvalue weighted by Crippen LogP contribution is 2.20. The van der Waals surface area contributed by atoms with Crippen LogP contribution in [0.15, 0.2) is 36.4 Å². The fourth-order valence-corrected chi connectivity index (χ4v) is 2.18. The van der Waals surface area contributed by atoms with Crippen molar-refractivity contribution in [3.8, 4) is 6.07 Å². The molecule has 0 spiro atoms. The molecule has 2 aromatic rings. The van der Waals surface area contributed by atoms with Gasteiger partial charge in [-0.3, -0.25) is 0 Å². The normalized spacial score (nSPS) is 10.1. The van der Waals surface area contributed by atoms with Crippen molar-refractivity contribution in [3.63, 3.8) is 0 Å². The van der Waals surface area contributed by atoms with Crippen molar-refractivity contribution >= 4 is 11.4 Å². The van der Waals surface area contributed by atoms with Crippen molar-refractivity contribution in [1.82, 2.24) is 0 Å². The molecule has 0 heterocycles. The summed E-state index contributed by atoms with van der Waals surface area (Å²) in [5.41, 5.74) is 11.9. The fraction of sp³-hybridized carbons (Fsp3) is 0.235. The Morgan fingerprint density at radius 3 is 2.70 bits per heavy atom. The first-order valence-electron chi connectivity index (χ1n) is 6.70. The van der Waals surface area contributed by atoms with Crippen molar-refractivity contribution < 1.29 is 0 Å². The zero-order chi connectivity index (χ0) is 14.5. The summed E-state index contributed by atoms with van der Waals surface area (Å²) in [6.07, 6.45) is 0.934. The van der Waals surface area contributed by atoms with E-state index in [0.29, 0.717) is 11.3 Å². The summed E-state index contributed by atoms with van der Waals surface area (Å²) in [7, 11) is 0. The van der Waals surface area contributed by atoms with Gasteiger partial charge in [-0.25, -0.2) is 0 Å². The number of hydrogen-bond donors (Lipinski definition) is 2. The maximum Gasteiger partial charge on any atom is 0.0992 e. The van der Waals surface area contributed by atoms with E-state index in [-0.39, 0.29) is 0 Å². The Kier molecular flexibility index (Phi) is 4.27. The molecule has 0 fully saturated rings. The third-order valence-corrected chi connectivity index (χ3v) is 3.40. The van der Waals surface area contributed by atoms with Crippen LogP contribution in [0.25, 0.3) is 0 Å². The first kappa shape index (κ1) is 14.0. The molecule has 3 N–H and O–H groups in total. The molecule has 0 unspecified atom stereocenters. The van der Waals surface area contributed by atoms with Crippen LogP contribution >= 0.6 is 0 Å². The number of hydrogen-bond acceptors (Lipinski definition) is 3. The van der Waals surface area contributed by atoms with E-state index in [2.05, 4.69) is 43.4 Å². The summed E-state index contributed by atoms with van der Waals surface area (Å²) in [5.74, 6) is 0. The number of anilines is 2. The third-order valence-electron chi connectivity index (χ3n) is 3.40. The van der Waals surface area contributed by atoms with E-state index in [0.717, 1.165) is 18.7 Å². The molecule has 0 saturated carbocycles. The zero-order valence-corrected chi connectivity index (χ0v) is 11.9. The lowest BCUT2D eigenvalue weighted by molar-refractivity contribution is 1.00. The molecule has 0 saturated heterocycles. The van der Waals surface area contributed by atoms with Crippen LogP contribution in [-0.4, -0.2) is 6.54 Å². The van der Waals surface area contributed by atoms with Gasteiger partial charge in [-0.15, -0.1) is 0 Å². The van der Waals surface area contributed by atoms with Crippen LogP contribution in [0.5, 0.6) is 0 Å². The summed E-state index contributed by atoms with van der Waals surface area (Å²) >= 11 is 0. The van der Waals surface area contributed by atoms with E-state index in [4.69, 9.17) is 11.0 Å². The Hall–Kier alpha value is -2.47. The van der Waals surface area contributed by atoms with Crippen LogP contribution in [-0.2, 0) is 6.42 Å². The lowest BCUT2D eigenvalue weighted by atomic mass is 10.0. The topological polar surface area (TPSA) is 61.8 Å². The Morgan fingerprint density at radius 2 is 1.95 bits per heavy atom. The van der Waals surface area contributed by atoms with Crippen LogP contribution in [0, 0.1) is 25.2 Å². The second kappa shape index (κ2) is 6.12. The SMILES string of the molecule is Cc1ccc(C)c(CCNc2cc(C#N)ccc2N)c1. The van der Waals surface area contributed by atoms with Gasteiger partial charge in [0, 0.05) is 6.54 Å². The predicted octanol–water partition coefficient (Wildman–Crippen LogP) is 3.41. The summed E-state index contributed by atoms with van der Waals surface area (Å²) in [6, 6.07) is 13.9. The molecule has 0 aliphatic carbocycles. The van der Waals surface area contributed by atoms with Gasteiger partial charge in [0.1, 0.15) is 0 Å². The number of nitrogens with two attached hydrogens (primary N) is 1. The van der Waals surface area contributed by atoms with E-state index in [1.165, 1.54) is 16.7 Å². The molecule has 0 bridgehead atoms. The van der Waals surface area contributed by atoms with Crippen molar-refractivity contribution in [2.45, 2.75) is 20.3 Å². The summed E-state index contributed by atoms with van der Waals surface area (Å²) in [6.45, 7) is 5.02. The molecule has 0 amide bonds. The van der Waals surface area contributed by atoms with Gasteiger partial charge >= 0.3 is 0 Å². The number of aryl methyl sites for hydroxylation is 2. The van der Waals surface area contributed by atoms with Gasteiger partial charge < -0.3 is 11.1 Å². The lowest BCUT2D eigenvalue weighted by Crippen LogP contribution is -2.08. The highest BCUT2D eigenvalue weighted by molar-refractivity contribution is 5.68. The Balaban J connectivity index is 2.03. The molecule has 0 aromatic heterocycles. The lowest BCUT2D eigenvalue weighted by Gasteiger charge is -2.11. The number of nitrogens with zero attached hydrogens (tertiary/aromatic N) is 1. The number of nitrogen functional groups attached to an aromatic ring is 1. The molecular formula is C17H19N3. The Morgan fingerprint density at radius 1 is 1.15 bits per heavy atom. The van der Waals surface area contributed by atoms with Gasteiger partial charge in [-0.1, -0.05) is 23.8 Å². The molecule has 0 radical (unpaired) electrons. The van der Waals surface area contributed by atoms with Gasteiger partial charge in [0.05, 0.1) is 23.0 Å². The van der Waals surface area contributed by atoms with Gasteiger partial charge in [0.2, 0.25) is 0 Å². The van der Waals surface area contributed by atoms with Gasteiger partial charge in [0.15, 0.2) is 0 Å². The van der Waals surface area contributed by atoms with E-state index >= 15 is 0 Å². The number of benzene rings is 2. The maximum atomic E-state index is 8.90. The first-order chi connectivity index (χ1) is 9.60. The molecule has 20 heavy (non-hydrogen) atoms. The van der Waals surface area contributed by atoms with Crippen molar-refractivity contribution in [1.29, 1.82) is 5.26 Å². The minimum absolute atomic E-state index is 0.619. The predicted molar refractivity (Wildman–Crippen MR) is 83.7 cm³/mol. The molecule has 102 valence electrons. The smallest absolute Gasteiger partial charge is 0.0992 e. The average Bonchev–Trinajstić information content (AvgIpc) is 2.44. The molecule has 3 heteroatoms. The largest absolute Gasteiger partial charge is 0.397 e. The highest BCUT2D eigenvalue weighted by atomic mass is 14.9. The Bertz CT molecular complexity index is 654. The minimum atomic E-state index is 0.619. The monoisotopic (exact) mass is 265 g/mol. The van der Waals surface area contributed by atoms with Crippen LogP contribution in [0.3, 0.4) is 0 Å². The van der Waals surface area contributed by atoms with E-state index < -0.39 is 0 Å². The van der Waals surface area contributed by atoms with Crippen molar-refractivity contribution in [2.75, 3.05) is 17.6 Å². The quantitative estimate of drug-likeness (QED) is 0.833. The number of nitriles is 1. The molecule has 0 aliphatic rings. The average molecular weight is 265 g/mol. The van der Waals surface area contributed by atoms with Gasteiger partial charge in [-0.05, 0) is 49.6 Å².